The van der Waals surface area contributed by atoms with Crippen LogP contribution < -0.4 is 0 Å². The second kappa shape index (κ2) is 5.17. The number of rotatable bonds is 3. The van der Waals surface area contributed by atoms with E-state index in [9.17, 15) is 18.8 Å². The lowest BCUT2D eigenvalue weighted by molar-refractivity contribution is -0.154. The molecule has 1 fully saturated rings. The minimum atomic E-state index is -0.724. The summed E-state index contributed by atoms with van der Waals surface area (Å²) in [6, 6.07) is 5.58. The fourth-order valence-electron chi connectivity index (χ4n) is 1.87. The minimum Gasteiger partial charge on any atom is -0.336 e. The lowest BCUT2D eigenvalue weighted by Gasteiger charge is -2.30. The number of piperazine rings is 1. The van der Waals surface area contributed by atoms with Gasteiger partial charge >= 0.3 is 11.8 Å². The van der Waals surface area contributed by atoms with E-state index in [1.807, 2.05) is 0 Å². The Morgan fingerprint density at radius 3 is 2.58 bits per heavy atom. The van der Waals surface area contributed by atoms with Crippen LogP contribution in [0.5, 0.6) is 0 Å². The van der Waals surface area contributed by atoms with Crippen LogP contribution in [0.1, 0.15) is 10.4 Å². The van der Waals surface area contributed by atoms with E-state index >= 15 is 0 Å². The first kappa shape index (κ1) is 13.2. The Balaban J connectivity index is 2.10. The lowest BCUT2D eigenvalue weighted by Crippen LogP contribution is -2.54. The largest absolute Gasteiger partial charge is 0.336 e. The van der Waals surface area contributed by atoms with Crippen molar-refractivity contribution >= 4 is 17.6 Å². The second-order valence-electron chi connectivity index (χ2n) is 4.36. The van der Waals surface area contributed by atoms with Crippen molar-refractivity contribution in [1.29, 1.82) is 0 Å². The number of amides is 2. The zero-order chi connectivity index (χ0) is 14.0. The first-order chi connectivity index (χ1) is 9.00. The molecule has 2 rings (SSSR count). The fraction of sp³-hybridized carbons (Fsp3) is 0.308. The highest BCUT2D eigenvalue weighted by Gasteiger charge is 2.31. The Morgan fingerprint density at radius 2 is 1.89 bits per heavy atom. The van der Waals surface area contributed by atoms with Gasteiger partial charge in [0, 0.05) is 20.1 Å². The summed E-state index contributed by atoms with van der Waals surface area (Å²) in [5, 5.41) is 0. The highest BCUT2D eigenvalue weighted by Crippen LogP contribution is 2.10. The van der Waals surface area contributed by atoms with E-state index in [4.69, 9.17) is 0 Å². The summed E-state index contributed by atoms with van der Waals surface area (Å²) in [5.41, 5.74) is -0.0679. The molecule has 1 aromatic carbocycles. The van der Waals surface area contributed by atoms with Crippen LogP contribution in [0.15, 0.2) is 24.3 Å². The molecule has 19 heavy (non-hydrogen) atoms. The molecule has 2 amide bonds. The molecule has 5 nitrogen and oxygen atoms in total. The van der Waals surface area contributed by atoms with Gasteiger partial charge in [-0.15, -0.1) is 0 Å². The molecule has 1 aliphatic heterocycles. The molecule has 100 valence electrons. The van der Waals surface area contributed by atoms with E-state index in [-0.39, 0.29) is 18.7 Å². The van der Waals surface area contributed by atoms with Gasteiger partial charge in [-0.3, -0.25) is 14.4 Å². The van der Waals surface area contributed by atoms with Gasteiger partial charge in [0.2, 0.25) is 0 Å². The average molecular weight is 264 g/mol. The monoisotopic (exact) mass is 264 g/mol. The van der Waals surface area contributed by atoms with Gasteiger partial charge < -0.3 is 9.80 Å². The molecule has 0 N–H and O–H groups in total. The van der Waals surface area contributed by atoms with E-state index in [1.54, 1.807) is 6.07 Å². The molecule has 0 atom stereocenters. The predicted molar refractivity (Wildman–Crippen MR) is 64.9 cm³/mol. The summed E-state index contributed by atoms with van der Waals surface area (Å²) in [4.78, 5) is 37.5. The number of halogens is 1. The third-order valence-electron chi connectivity index (χ3n) is 3.03. The maximum atomic E-state index is 13.4. The third-order valence-corrected chi connectivity index (χ3v) is 3.03. The van der Waals surface area contributed by atoms with Crippen LogP contribution in [0.25, 0.3) is 0 Å². The quantitative estimate of drug-likeness (QED) is 0.583. The molecular formula is C13H13FN2O3. The smallest absolute Gasteiger partial charge is 0.312 e. The van der Waals surface area contributed by atoms with Gasteiger partial charge in [-0.2, -0.15) is 0 Å². The molecule has 0 spiro atoms. The Labute approximate surface area is 109 Å². The van der Waals surface area contributed by atoms with Crippen LogP contribution in [-0.2, 0) is 9.59 Å². The molecule has 6 heteroatoms. The van der Waals surface area contributed by atoms with Gasteiger partial charge in [-0.05, 0) is 12.1 Å². The number of hydrogen-bond acceptors (Lipinski definition) is 3. The number of nitrogens with zero attached hydrogens (tertiary/aromatic N) is 2. The number of carbonyl (C=O) groups is 3. The Morgan fingerprint density at radius 1 is 1.21 bits per heavy atom. The Hall–Kier alpha value is -2.24. The van der Waals surface area contributed by atoms with Crippen LogP contribution in [0.3, 0.4) is 0 Å². The number of benzene rings is 1. The SMILES string of the molecule is CN1CCN(CC(=O)c2ccccc2F)C(=O)C1=O. The van der Waals surface area contributed by atoms with Crippen LogP contribution in [0.2, 0.25) is 0 Å². The number of hydrogen-bond donors (Lipinski definition) is 0. The molecule has 0 saturated carbocycles. The number of ketones is 1. The first-order valence-corrected chi connectivity index (χ1v) is 5.83. The highest BCUT2D eigenvalue weighted by molar-refractivity contribution is 6.35. The number of carbonyl (C=O) groups excluding carboxylic acids is 3. The molecule has 0 aliphatic carbocycles. The van der Waals surface area contributed by atoms with Crippen LogP contribution in [-0.4, -0.2) is 54.1 Å². The fourth-order valence-corrected chi connectivity index (χ4v) is 1.87. The van der Waals surface area contributed by atoms with Crippen LogP contribution in [0, 0.1) is 5.82 Å². The standard InChI is InChI=1S/C13H13FN2O3/c1-15-6-7-16(13(19)12(15)18)8-11(17)9-4-2-3-5-10(9)14/h2-5H,6-8H2,1H3. The summed E-state index contributed by atoms with van der Waals surface area (Å²) in [7, 11) is 1.52. The van der Waals surface area contributed by atoms with E-state index in [2.05, 4.69) is 0 Å². The maximum Gasteiger partial charge on any atom is 0.312 e. The Bertz CT molecular complexity index is 544. The van der Waals surface area contributed by atoms with Crippen molar-refractivity contribution in [3.8, 4) is 0 Å². The van der Waals surface area contributed by atoms with Crippen molar-refractivity contribution in [3.05, 3.63) is 35.6 Å². The molecule has 1 heterocycles. The number of Topliss-reactive ketones (excluding diaryl/α,β-unsaturated/α-hetero) is 1. The van der Waals surface area contributed by atoms with Gasteiger partial charge in [0.1, 0.15) is 5.82 Å². The van der Waals surface area contributed by atoms with Crippen molar-refractivity contribution < 1.29 is 18.8 Å². The van der Waals surface area contributed by atoms with Gasteiger partial charge in [-0.1, -0.05) is 12.1 Å². The molecule has 1 aliphatic rings. The van der Waals surface area contributed by atoms with Crippen molar-refractivity contribution in [2.24, 2.45) is 0 Å². The summed E-state index contributed by atoms with van der Waals surface area (Å²) in [5.74, 6) is -2.50. The van der Waals surface area contributed by atoms with Gasteiger partial charge in [0.05, 0.1) is 12.1 Å². The van der Waals surface area contributed by atoms with E-state index < -0.39 is 23.4 Å². The Kier molecular flexibility index (Phi) is 3.59. The van der Waals surface area contributed by atoms with Gasteiger partial charge in [0.25, 0.3) is 0 Å². The molecule has 0 unspecified atom stereocenters. The maximum absolute atomic E-state index is 13.4. The van der Waals surface area contributed by atoms with Crippen LogP contribution in [0.4, 0.5) is 4.39 Å². The molecule has 0 bridgehead atoms. The molecular weight excluding hydrogens is 251 g/mol. The van der Waals surface area contributed by atoms with Crippen molar-refractivity contribution in [1.82, 2.24) is 9.80 Å². The zero-order valence-corrected chi connectivity index (χ0v) is 10.4. The summed E-state index contributed by atoms with van der Waals surface area (Å²) in [6.45, 7) is 0.371. The third kappa shape index (κ3) is 2.62. The highest BCUT2D eigenvalue weighted by atomic mass is 19.1. The van der Waals surface area contributed by atoms with E-state index in [1.165, 1.54) is 30.1 Å². The zero-order valence-electron chi connectivity index (χ0n) is 10.4. The van der Waals surface area contributed by atoms with Crippen molar-refractivity contribution in [2.75, 3.05) is 26.7 Å². The normalized spacial score (nSPS) is 15.9. The minimum absolute atomic E-state index is 0.0679. The molecule has 1 aromatic rings. The molecule has 0 radical (unpaired) electrons. The van der Waals surface area contributed by atoms with E-state index in [0.717, 1.165) is 4.90 Å². The molecule has 0 aromatic heterocycles. The molecule has 1 saturated heterocycles. The van der Waals surface area contributed by atoms with Crippen molar-refractivity contribution in [2.45, 2.75) is 0 Å². The summed E-state index contributed by atoms with van der Waals surface area (Å²) in [6.07, 6.45) is 0. The summed E-state index contributed by atoms with van der Waals surface area (Å²) >= 11 is 0. The lowest BCUT2D eigenvalue weighted by atomic mass is 10.1. The van der Waals surface area contributed by atoms with E-state index in [0.29, 0.717) is 6.54 Å². The number of likely N-dealkylation sites (N-methyl/N-ethyl adjacent to an activating group) is 1. The van der Waals surface area contributed by atoms with Gasteiger partial charge in [0.15, 0.2) is 5.78 Å². The van der Waals surface area contributed by atoms with Crippen molar-refractivity contribution in [3.63, 3.8) is 0 Å². The summed E-state index contributed by atoms with van der Waals surface area (Å²) < 4.78 is 13.4. The predicted octanol–water partition coefficient (Wildman–Crippen LogP) is 0.309. The second-order valence-corrected chi connectivity index (χ2v) is 4.36. The first-order valence-electron chi connectivity index (χ1n) is 5.83. The topological polar surface area (TPSA) is 57.7 Å². The average Bonchev–Trinajstić information content (AvgIpc) is 2.40. The van der Waals surface area contributed by atoms with Gasteiger partial charge in [-0.25, -0.2) is 4.39 Å². The van der Waals surface area contributed by atoms with Crippen LogP contribution >= 0.6 is 0 Å².